The molecule has 2 aliphatic carbocycles. The lowest BCUT2D eigenvalue weighted by molar-refractivity contribution is -0.112. The summed E-state index contributed by atoms with van der Waals surface area (Å²) in [5.41, 5.74) is 0.196. The first-order chi connectivity index (χ1) is 9.74. The third kappa shape index (κ3) is 3.76. The first-order valence-corrected chi connectivity index (χ1v) is 8.90. The van der Waals surface area contributed by atoms with Crippen LogP contribution in [0.2, 0.25) is 0 Å². The lowest BCUT2D eigenvalue weighted by Crippen LogP contribution is -2.45. The Labute approximate surface area is 125 Å². The van der Waals surface area contributed by atoms with E-state index in [-0.39, 0.29) is 5.60 Å². The molecule has 0 bridgehead atoms. The minimum atomic E-state index is 0.196. The molecule has 0 N–H and O–H groups in total. The zero-order valence-electron chi connectivity index (χ0n) is 13.8. The lowest BCUT2D eigenvalue weighted by Gasteiger charge is -2.47. The molecule has 2 heteroatoms. The summed E-state index contributed by atoms with van der Waals surface area (Å²) in [5, 5.41) is 0. The maximum atomic E-state index is 6.09. The average Bonchev–Trinajstić information content (AvgIpc) is 2.53. The van der Waals surface area contributed by atoms with E-state index in [0.717, 1.165) is 24.9 Å². The van der Waals surface area contributed by atoms with E-state index in [1.807, 2.05) is 7.11 Å². The highest BCUT2D eigenvalue weighted by atomic mass is 16.5. The van der Waals surface area contributed by atoms with Crippen molar-refractivity contribution in [2.24, 2.45) is 11.8 Å². The summed E-state index contributed by atoms with van der Waals surface area (Å²) in [6.07, 6.45) is 13.4. The number of methoxy groups -OCH3 is 1. The van der Waals surface area contributed by atoms with Gasteiger partial charge in [-0.3, -0.25) is 0 Å². The van der Waals surface area contributed by atoms with Gasteiger partial charge in [0.25, 0.3) is 0 Å². The molecule has 118 valence electrons. The van der Waals surface area contributed by atoms with E-state index >= 15 is 0 Å². The third-order valence-electron chi connectivity index (χ3n) is 5.91. The Morgan fingerprint density at radius 1 is 0.950 bits per heavy atom. The van der Waals surface area contributed by atoms with Crippen molar-refractivity contribution >= 4 is 0 Å². The Kier molecular flexibility index (Phi) is 6.35. The van der Waals surface area contributed by atoms with E-state index in [1.165, 1.54) is 57.8 Å². The molecule has 2 rings (SSSR count). The van der Waals surface area contributed by atoms with Crippen LogP contribution in [0.5, 0.6) is 0 Å². The van der Waals surface area contributed by atoms with Crippen molar-refractivity contribution in [3.63, 3.8) is 0 Å². The van der Waals surface area contributed by atoms with E-state index in [9.17, 15) is 0 Å². The molecule has 0 unspecified atom stereocenters. The minimum Gasteiger partial charge on any atom is -0.378 e. The molecule has 0 saturated heterocycles. The Balaban J connectivity index is 1.84. The summed E-state index contributed by atoms with van der Waals surface area (Å²) in [4.78, 5) is 0. The first kappa shape index (κ1) is 16.3. The van der Waals surface area contributed by atoms with Crippen molar-refractivity contribution in [2.75, 3.05) is 13.7 Å². The topological polar surface area (TPSA) is 18.5 Å². The molecule has 0 aromatic carbocycles. The zero-order chi connectivity index (χ0) is 14.4. The number of hydrogen-bond acceptors (Lipinski definition) is 2. The van der Waals surface area contributed by atoms with Gasteiger partial charge in [-0.15, -0.1) is 0 Å². The molecule has 0 aliphatic heterocycles. The predicted octanol–water partition coefficient (Wildman–Crippen LogP) is 4.96. The van der Waals surface area contributed by atoms with E-state index in [1.54, 1.807) is 0 Å². The monoisotopic (exact) mass is 282 g/mol. The Hall–Kier alpha value is -0.0800. The molecule has 0 radical (unpaired) electrons. The van der Waals surface area contributed by atoms with Gasteiger partial charge in [-0.05, 0) is 69.6 Å². The molecule has 2 saturated carbocycles. The molecule has 20 heavy (non-hydrogen) atoms. The number of hydrogen-bond donors (Lipinski definition) is 0. The van der Waals surface area contributed by atoms with Gasteiger partial charge in [0.2, 0.25) is 0 Å². The summed E-state index contributed by atoms with van der Waals surface area (Å²) >= 11 is 0. The highest BCUT2D eigenvalue weighted by molar-refractivity contribution is 4.94. The molecule has 0 aromatic rings. The molecule has 0 atom stereocenters. The fraction of sp³-hybridized carbons (Fsp3) is 1.00. The maximum Gasteiger partial charge on any atom is 0.0707 e. The quantitative estimate of drug-likeness (QED) is 0.685. The van der Waals surface area contributed by atoms with Crippen LogP contribution in [-0.4, -0.2) is 25.4 Å². The molecule has 2 nitrogen and oxygen atoms in total. The van der Waals surface area contributed by atoms with Crippen molar-refractivity contribution < 1.29 is 9.47 Å². The number of ether oxygens (including phenoxy) is 2. The summed E-state index contributed by atoms with van der Waals surface area (Å²) in [7, 11) is 1.95. The van der Waals surface area contributed by atoms with E-state index in [2.05, 4.69) is 13.8 Å². The smallest absolute Gasteiger partial charge is 0.0707 e. The van der Waals surface area contributed by atoms with Crippen LogP contribution in [0.1, 0.15) is 78.1 Å². The van der Waals surface area contributed by atoms with Gasteiger partial charge in [0.05, 0.1) is 11.7 Å². The van der Waals surface area contributed by atoms with Gasteiger partial charge in [0.15, 0.2) is 0 Å². The second kappa shape index (κ2) is 7.79. The molecule has 0 spiro atoms. The van der Waals surface area contributed by atoms with Crippen LogP contribution in [0.15, 0.2) is 0 Å². The van der Waals surface area contributed by atoms with Crippen molar-refractivity contribution in [3.8, 4) is 0 Å². The van der Waals surface area contributed by atoms with Gasteiger partial charge >= 0.3 is 0 Å². The molecule has 0 amide bonds. The van der Waals surface area contributed by atoms with E-state index in [0.29, 0.717) is 6.10 Å². The SMILES string of the molecule is CCCOC1CCC(C2(OC)CCC(CC)CC2)CC1. The number of rotatable bonds is 6. The van der Waals surface area contributed by atoms with Gasteiger partial charge in [-0.1, -0.05) is 20.3 Å². The largest absolute Gasteiger partial charge is 0.378 e. The van der Waals surface area contributed by atoms with Crippen LogP contribution >= 0.6 is 0 Å². The second-order valence-corrected chi connectivity index (χ2v) is 6.96. The second-order valence-electron chi connectivity index (χ2n) is 6.96. The van der Waals surface area contributed by atoms with Crippen LogP contribution < -0.4 is 0 Å². The molecule has 0 aromatic heterocycles. The Morgan fingerprint density at radius 3 is 2.10 bits per heavy atom. The van der Waals surface area contributed by atoms with Crippen molar-refractivity contribution in [2.45, 2.75) is 89.8 Å². The van der Waals surface area contributed by atoms with Crippen molar-refractivity contribution in [3.05, 3.63) is 0 Å². The van der Waals surface area contributed by atoms with Gasteiger partial charge in [0.1, 0.15) is 0 Å². The normalized spacial score (nSPS) is 38.9. The standard InChI is InChI=1S/C18H34O2/c1-4-14-20-17-8-6-16(7-9-17)18(19-3)12-10-15(5-2)11-13-18/h15-17H,4-14H2,1-3H3. The summed E-state index contributed by atoms with van der Waals surface area (Å²) in [6, 6.07) is 0. The van der Waals surface area contributed by atoms with Crippen molar-refractivity contribution in [1.29, 1.82) is 0 Å². The average molecular weight is 282 g/mol. The lowest BCUT2D eigenvalue weighted by atomic mass is 9.67. The Morgan fingerprint density at radius 2 is 1.60 bits per heavy atom. The summed E-state index contributed by atoms with van der Waals surface area (Å²) < 4.78 is 12.0. The van der Waals surface area contributed by atoms with Crippen molar-refractivity contribution in [1.82, 2.24) is 0 Å². The van der Waals surface area contributed by atoms with E-state index < -0.39 is 0 Å². The summed E-state index contributed by atoms with van der Waals surface area (Å²) in [6.45, 7) is 5.46. The fourth-order valence-electron chi connectivity index (χ4n) is 4.39. The highest BCUT2D eigenvalue weighted by Gasteiger charge is 2.43. The zero-order valence-corrected chi connectivity index (χ0v) is 13.8. The van der Waals surface area contributed by atoms with Gasteiger partial charge in [-0.25, -0.2) is 0 Å². The van der Waals surface area contributed by atoms with Crippen LogP contribution in [0.3, 0.4) is 0 Å². The summed E-state index contributed by atoms with van der Waals surface area (Å²) in [5.74, 6) is 1.72. The molecular formula is C18H34O2. The van der Waals surface area contributed by atoms with Crippen LogP contribution in [0.25, 0.3) is 0 Å². The first-order valence-electron chi connectivity index (χ1n) is 8.90. The van der Waals surface area contributed by atoms with Crippen LogP contribution in [0, 0.1) is 11.8 Å². The third-order valence-corrected chi connectivity index (χ3v) is 5.91. The van der Waals surface area contributed by atoms with Crippen LogP contribution in [-0.2, 0) is 9.47 Å². The molecule has 2 fully saturated rings. The highest BCUT2D eigenvalue weighted by Crippen LogP contribution is 2.46. The molecule has 2 aliphatic rings. The van der Waals surface area contributed by atoms with E-state index in [4.69, 9.17) is 9.47 Å². The van der Waals surface area contributed by atoms with Gasteiger partial charge in [0, 0.05) is 13.7 Å². The predicted molar refractivity (Wildman–Crippen MR) is 84.0 cm³/mol. The molecular weight excluding hydrogens is 248 g/mol. The fourth-order valence-corrected chi connectivity index (χ4v) is 4.39. The molecule has 0 heterocycles. The van der Waals surface area contributed by atoms with Gasteiger partial charge < -0.3 is 9.47 Å². The minimum absolute atomic E-state index is 0.196. The van der Waals surface area contributed by atoms with Gasteiger partial charge in [-0.2, -0.15) is 0 Å². The maximum absolute atomic E-state index is 6.09. The van der Waals surface area contributed by atoms with Crippen LogP contribution in [0.4, 0.5) is 0 Å². The Bertz CT molecular complexity index is 261.